The van der Waals surface area contributed by atoms with Gasteiger partial charge in [-0.15, -0.1) is 0 Å². The molecule has 0 spiro atoms. The molecule has 0 fully saturated rings. The summed E-state index contributed by atoms with van der Waals surface area (Å²) in [5.41, 5.74) is 1.37. The number of aryl methyl sites for hydroxylation is 1. The van der Waals surface area contributed by atoms with Gasteiger partial charge in [-0.3, -0.25) is 10.1 Å². The van der Waals surface area contributed by atoms with E-state index in [1.807, 2.05) is 12.1 Å². The molecule has 2 aromatic heterocycles. The first-order valence-electron chi connectivity index (χ1n) is 6.37. The maximum atomic E-state index is 10.7. The molecule has 0 N–H and O–H groups in total. The predicted molar refractivity (Wildman–Crippen MR) is 77.1 cm³/mol. The van der Waals surface area contributed by atoms with Crippen LogP contribution in [0.1, 0.15) is 5.56 Å². The fraction of sp³-hybridized carbons (Fsp3) is 0.0714. The molecule has 3 aromatic rings. The van der Waals surface area contributed by atoms with Gasteiger partial charge in [0.05, 0.1) is 10.6 Å². The van der Waals surface area contributed by atoms with E-state index in [-0.39, 0.29) is 5.69 Å². The van der Waals surface area contributed by atoms with Crippen LogP contribution >= 0.6 is 0 Å². The van der Waals surface area contributed by atoms with Crippen molar-refractivity contribution in [2.75, 3.05) is 0 Å². The summed E-state index contributed by atoms with van der Waals surface area (Å²) in [4.78, 5) is 18.0. The summed E-state index contributed by atoms with van der Waals surface area (Å²) in [5.74, 6) is 0.910. The third-order valence-electron chi connectivity index (χ3n) is 2.96. The van der Waals surface area contributed by atoms with Gasteiger partial charge < -0.3 is 4.74 Å². The van der Waals surface area contributed by atoms with Crippen molar-refractivity contribution >= 4 is 5.69 Å². The zero-order valence-corrected chi connectivity index (χ0v) is 11.6. The highest BCUT2D eigenvalue weighted by atomic mass is 16.6. The van der Waals surface area contributed by atoms with Crippen LogP contribution in [0.15, 0.2) is 49.2 Å². The fourth-order valence-corrected chi connectivity index (χ4v) is 1.87. The summed E-state index contributed by atoms with van der Waals surface area (Å²) in [6, 6.07) is 8.60. The molecule has 110 valence electrons. The average molecular weight is 297 g/mol. The van der Waals surface area contributed by atoms with Gasteiger partial charge in [0.1, 0.15) is 24.6 Å². The Labute approximate surface area is 125 Å². The van der Waals surface area contributed by atoms with Crippen molar-refractivity contribution in [2.24, 2.45) is 0 Å². The first-order chi connectivity index (χ1) is 10.6. The SMILES string of the molecule is Cc1cc([N+](=O)[O-])cnc1Oc1ccc(-n2cncn2)cc1. The minimum absolute atomic E-state index is 0.0635. The minimum Gasteiger partial charge on any atom is -0.439 e. The zero-order chi connectivity index (χ0) is 15.5. The first-order valence-corrected chi connectivity index (χ1v) is 6.37. The Bertz CT molecular complexity index is 800. The molecule has 0 unspecified atom stereocenters. The van der Waals surface area contributed by atoms with Crippen LogP contribution in [0.5, 0.6) is 11.6 Å². The lowest BCUT2D eigenvalue weighted by Crippen LogP contribution is -1.96. The predicted octanol–water partition coefficient (Wildman–Crippen LogP) is 2.67. The van der Waals surface area contributed by atoms with Gasteiger partial charge in [-0.25, -0.2) is 14.6 Å². The van der Waals surface area contributed by atoms with Gasteiger partial charge in [0.25, 0.3) is 5.69 Å². The molecule has 8 nitrogen and oxygen atoms in total. The van der Waals surface area contributed by atoms with Crippen LogP contribution in [0.4, 0.5) is 5.69 Å². The monoisotopic (exact) mass is 297 g/mol. The van der Waals surface area contributed by atoms with Crippen molar-refractivity contribution in [3.63, 3.8) is 0 Å². The Balaban J connectivity index is 1.80. The highest BCUT2D eigenvalue weighted by Crippen LogP contribution is 2.25. The number of ether oxygens (including phenoxy) is 1. The summed E-state index contributed by atoms with van der Waals surface area (Å²) in [5, 5.41) is 14.7. The van der Waals surface area contributed by atoms with E-state index in [1.165, 1.54) is 18.6 Å². The normalized spacial score (nSPS) is 10.4. The van der Waals surface area contributed by atoms with Crippen LogP contribution in [0.25, 0.3) is 5.69 Å². The van der Waals surface area contributed by atoms with E-state index in [2.05, 4.69) is 15.1 Å². The van der Waals surface area contributed by atoms with Gasteiger partial charge in [0.2, 0.25) is 5.88 Å². The molecular weight excluding hydrogens is 286 g/mol. The Morgan fingerprint density at radius 1 is 1.27 bits per heavy atom. The lowest BCUT2D eigenvalue weighted by Gasteiger charge is -2.08. The number of benzene rings is 1. The molecule has 1 aromatic carbocycles. The third-order valence-corrected chi connectivity index (χ3v) is 2.96. The molecule has 0 atom stereocenters. The second-order valence-corrected chi connectivity index (χ2v) is 4.51. The summed E-state index contributed by atoms with van der Waals surface area (Å²) in [7, 11) is 0. The van der Waals surface area contributed by atoms with Crippen LogP contribution in [0.3, 0.4) is 0 Å². The summed E-state index contributed by atoms with van der Waals surface area (Å²) >= 11 is 0. The molecule has 3 rings (SSSR count). The molecule has 0 aliphatic heterocycles. The highest BCUT2D eigenvalue weighted by Gasteiger charge is 2.11. The summed E-state index contributed by atoms with van der Waals surface area (Å²) in [6.07, 6.45) is 4.22. The summed E-state index contributed by atoms with van der Waals surface area (Å²) < 4.78 is 7.26. The number of aromatic nitrogens is 4. The molecular formula is C14H11N5O3. The van der Waals surface area contributed by atoms with Crippen molar-refractivity contribution in [3.8, 4) is 17.3 Å². The van der Waals surface area contributed by atoms with Crippen LogP contribution in [-0.2, 0) is 0 Å². The van der Waals surface area contributed by atoms with E-state index in [1.54, 1.807) is 30.1 Å². The van der Waals surface area contributed by atoms with E-state index in [0.717, 1.165) is 5.69 Å². The van der Waals surface area contributed by atoms with Gasteiger partial charge in [0, 0.05) is 11.6 Å². The van der Waals surface area contributed by atoms with E-state index in [9.17, 15) is 10.1 Å². The van der Waals surface area contributed by atoms with E-state index < -0.39 is 4.92 Å². The van der Waals surface area contributed by atoms with Crippen molar-refractivity contribution in [1.82, 2.24) is 19.7 Å². The van der Waals surface area contributed by atoms with Crippen molar-refractivity contribution in [2.45, 2.75) is 6.92 Å². The molecule has 8 heteroatoms. The molecule has 22 heavy (non-hydrogen) atoms. The Morgan fingerprint density at radius 3 is 2.64 bits per heavy atom. The maximum Gasteiger partial charge on any atom is 0.288 e. The molecule has 0 aliphatic carbocycles. The standard InChI is InChI=1S/C14H11N5O3/c1-10-6-12(19(20)21)7-16-14(10)22-13-4-2-11(3-5-13)18-9-15-8-17-18/h2-9H,1H3. The smallest absolute Gasteiger partial charge is 0.288 e. The van der Waals surface area contributed by atoms with Crippen molar-refractivity contribution in [1.29, 1.82) is 0 Å². The second kappa shape index (κ2) is 5.60. The molecule has 2 heterocycles. The molecule has 0 bridgehead atoms. The first kappa shape index (κ1) is 13.7. The number of hydrogen-bond donors (Lipinski definition) is 0. The lowest BCUT2D eigenvalue weighted by atomic mass is 10.2. The van der Waals surface area contributed by atoms with E-state index >= 15 is 0 Å². The molecule has 0 saturated heterocycles. The number of pyridine rings is 1. The largest absolute Gasteiger partial charge is 0.439 e. The van der Waals surface area contributed by atoms with E-state index in [0.29, 0.717) is 17.2 Å². The van der Waals surface area contributed by atoms with Crippen LogP contribution in [-0.4, -0.2) is 24.7 Å². The van der Waals surface area contributed by atoms with Crippen LogP contribution in [0.2, 0.25) is 0 Å². The average Bonchev–Trinajstić information content (AvgIpc) is 3.04. The van der Waals surface area contributed by atoms with Gasteiger partial charge in [-0.2, -0.15) is 5.10 Å². The van der Waals surface area contributed by atoms with Gasteiger partial charge in [0.15, 0.2) is 0 Å². The topological polar surface area (TPSA) is 96.0 Å². The van der Waals surface area contributed by atoms with Gasteiger partial charge in [-0.05, 0) is 31.2 Å². The molecule has 0 radical (unpaired) electrons. The summed E-state index contributed by atoms with van der Waals surface area (Å²) in [6.45, 7) is 1.71. The van der Waals surface area contributed by atoms with Gasteiger partial charge >= 0.3 is 0 Å². The van der Waals surface area contributed by atoms with Crippen LogP contribution < -0.4 is 4.74 Å². The molecule has 0 amide bonds. The minimum atomic E-state index is -0.489. The number of rotatable bonds is 4. The quantitative estimate of drug-likeness (QED) is 0.542. The van der Waals surface area contributed by atoms with Crippen molar-refractivity contribution in [3.05, 3.63) is 64.9 Å². The molecule has 0 saturated carbocycles. The Hall–Kier alpha value is -3.29. The van der Waals surface area contributed by atoms with E-state index in [4.69, 9.17) is 4.74 Å². The molecule has 0 aliphatic rings. The second-order valence-electron chi connectivity index (χ2n) is 4.51. The number of hydrogen-bond acceptors (Lipinski definition) is 6. The number of nitro groups is 1. The number of nitrogens with zero attached hydrogens (tertiary/aromatic N) is 5. The Kier molecular flexibility index (Phi) is 3.48. The van der Waals surface area contributed by atoms with Crippen molar-refractivity contribution < 1.29 is 9.66 Å². The third kappa shape index (κ3) is 2.75. The zero-order valence-electron chi connectivity index (χ0n) is 11.6. The fourth-order valence-electron chi connectivity index (χ4n) is 1.87. The lowest BCUT2D eigenvalue weighted by molar-refractivity contribution is -0.385. The van der Waals surface area contributed by atoms with Crippen LogP contribution in [0, 0.1) is 17.0 Å². The highest BCUT2D eigenvalue weighted by molar-refractivity contribution is 5.41. The maximum absolute atomic E-state index is 10.7. The Morgan fingerprint density at radius 2 is 2.05 bits per heavy atom. The van der Waals surface area contributed by atoms with Gasteiger partial charge in [-0.1, -0.05) is 0 Å².